The van der Waals surface area contributed by atoms with Crippen LogP contribution in [0.2, 0.25) is 0 Å². The van der Waals surface area contributed by atoms with Crippen LogP contribution in [0.5, 0.6) is 11.5 Å². The average Bonchev–Trinajstić information content (AvgIpc) is 3.29. The van der Waals surface area contributed by atoms with Gasteiger partial charge in [0.15, 0.2) is 0 Å². The number of benzene rings is 2. The molecular formula is C23H21NO3. The summed E-state index contributed by atoms with van der Waals surface area (Å²) in [6, 6.07) is 13.3. The van der Waals surface area contributed by atoms with Crippen LogP contribution in [0.15, 0.2) is 54.6 Å². The van der Waals surface area contributed by atoms with Gasteiger partial charge in [-0.3, -0.25) is 14.5 Å². The van der Waals surface area contributed by atoms with E-state index in [4.69, 9.17) is 4.74 Å². The van der Waals surface area contributed by atoms with Crippen molar-refractivity contribution in [3.05, 3.63) is 65.7 Å². The van der Waals surface area contributed by atoms with Gasteiger partial charge in [0.25, 0.3) is 0 Å². The highest BCUT2D eigenvalue weighted by atomic mass is 16.5. The van der Waals surface area contributed by atoms with Crippen molar-refractivity contribution in [2.24, 2.45) is 23.7 Å². The highest BCUT2D eigenvalue weighted by molar-refractivity contribution is 6.22. The molecule has 2 aromatic rings. The van der Waals surface area contributed by atoms with Crippen molar-refractivity contribution in [2.45, 2.75) is 20.3 Å². The van der Waals surface area contributed by atoms with Crippen LogP contribution in [0.3, 0.4) is 0 Å². The molecule has 0 aromatic heterocycles. The largest absolute Gasteiger partial charge is 0.457 e. The summed E-state index contributed by atoms with van der Waals surface area (Å²) in [7, 11) is 0. The summed E-state index contributed by atoms with van der Waals surface area (Å²) < 4.78 is 5.93. The third kappa shape index (κ3) is 2.51. The first-order valence-corrected chi connectivity index (χ1v) is 9.43. The standard InChI is InChI=1S/C23H21NO3/c1-13-9-14(2)11-19(10-13)27-18-7-5-17(6-8-18)24-22(25)20-15-3-4-16(12-15)21(20)23(24)26/h3-11,15-16,20-21H,12H2,1-2H3/t15-,16-,20+,21+/m0/s1. The van der Waals surface area contributed by atoms with E-state index in [0.29, 0.717) is 11.4 Å². The number of allylic oxidation sites excluding steroid dienone is 2. The average molecular weight is 359 g/mol. The Bertz CT molecular complexity index is 925. The van der Waals surface area contributed by atoms with Crippen molar-refractivity contribution >= 4 is 17.5 Å². The number of imide groups is 1. The first-order chi connectivity index (χ1) is 13.0. The van der Waals surface area contributed by atoms with Crippen LogP contribution in [0.1, 0.15) is 17.5 Å². The lowest BCUT2D eigenvalue weighted by Gasteiger charge is -2.17. The molecule has 4 nitrogen and oxygen atoms in total. The van der Waals surface area contributed by atoms with E-state index in [-0.39, 0.29) is 35.5 Å². The molecule has 4 heteroatoms. The SMILES string of the molecule is Cc1cc(C)cc(Oc2ccc(N3C(=O)[C@H]4[C@H](C3=O)[C@H]3C=C[C@H]4C3)cc2)c1. The fraction of sp³-hybridized carbons (Fsp3) is 0.304. The van der Waals surface area contributed by atoms with Crippen molar-refractivity contribution < 1.29 is 14.3 Å². The molecule has 5 rings (SSSR count). The van der Waals surface area contributed by atoms with Gasteiger partial charge in [0.05, 0.1) is 17.5 Å². The van der Waals surface area contributed by atoms with E-state index in [2.05, 4.69) is 18.2 Å². The molecule has 2 amide bonds. The summed E-state index contributed by atoms with van der Waals surface area (Å²) in [5.74, 6) is 1.49. The van der Waals surface area contributed by atoms with Crippen LogP contribution >= 0.6 is 0 Å². The molecule has 2 aliphatic carbocycles. The van der Waals surface area contributed by atoms with E-state index >= 15 is 0 Å². The number of rotatable bonds is 3. The second-order valence-corrected chi connectivity index (χ2v) is 7.93. The Kier molecular flexibility index (Phi) is 3.51. The number of hydrogen-bond acceptors (Lipinski definition) is 3. The minimum absolute atomic E-state index is 0.0511. The highest BCUT2D eigenvalue weighted by Crippen LogP contribution is 2.53. The Morgan fingerprint density at radius 2 is 1.37 bits per heavy atom. The van der Waals surface area contributed by atoms with Gasteiger partial charge in [-0.2, -0.15) is 0 Å². The molecule has 1 saturated heterocycles. The van der Waals surface area contributed by atoms with E-state index in [1.807, 2.05) is 38.1 Å². The molecule has 3 aliphatic rings. The molecule has 2 aromatic carbocycles. The van der Waals surface area contributed by atoms with Gasteiger partial charge in [-0.1, -0.05) is 18.2 Å². The zero-order valence-corrected chi connectivity index (χ0v) is 15.4. The van der Waals surface area contributed by atoms with Gasteiger partial charge in [0.2, 0.25) is 11.8 Å². The van der Waals surface area contributed by atoms with E-state index in [1.165, 1.54) is 4.90 Å². The summed E-state index contributed by atoms with van der Waals surface area (Å²) in [5.41, 5.74) is 2.92. The number of ether oxygens (including phenoxy) is 1. The third-order valence-electron chi connectivity index (χ3n) is 6.00. The second-order valence-electron chi connectivity index (χ2n) is 7.93. The lowest BCUT2D eigenvalue weighted by molar-refractivity contribution is -0.123. The Morgan fingerprint density at radius 3 is 1.93 bits per heavy atom. The van der Waals surface area contributed by atoms with E-state index < -0.39 is 0 Å². The molecule has 2 bridgehead atoms. The number of amides is 2. The normalized spacial score (nSPS) is 28.1. The molecular weight excluding hydrogens is 338 g/mol. The Morgan fingerprint density at radius 1 is 0.815 bits per heavy atom. The minimum atomic E-state index is -0.168. The molecule has 27 heavy (non-hydrogen) atoms. The second kappa shape index (κ2) is 5.81. The Hall–Kier alpha value is -2.88. The Balaban J connectivity index is 1.38. The lowest BCUT2D eigenvalue weighted by Crippen LogP contribution is -2.32. The Labute approximate surface area is 158 Å². The van der Waals surface area contributed by atoms with Crippen molar-refractivity contribution in [1.82, 2.24) is 0 Å². The first kappa shape index (κ1) is 16.3. The van der Waals surface area contributed by atoms with Crippen LogP contribution in [-0.4, -0.2) is 11.8 Å². The van der Waals surface area contributed by atoms with Crippen molar-refractivity contribution in [3.8, 4) is 11.5 Å². The van der Waals surface area contributed by atoms with Gasteiger partial charge >= 0.3 is 0 Å². The molecule has 0 spiro atoms. The summed E-state index contributed by atoms with van der Waals surface area (Å²) in [4.78, 5) is 27.1. The lowest BCUT2D eigenvalue weighted by atomic mass is 9.85. The molecule has 136 valence electrons. The predicted octanol–water partition coefficient (Wildman–Crippen LogP) is 4.41. The molecule has 4 atom stereocenters. The van der Waals surface area contributed by atoms with E-state index in [9.17, 15) is 9.59 Å². The number of carbonyl (C=O) groups excluding carboxylic acids is 2. The topological polar surface area (TPSA) is 46.6 Å². The van der Waals surface area contributed by atoms with Gasteiger partial charge in [0, 0.05) is 0 Å². The minimum Gasteiger partial charge on any atom is -0.457 e. The smallest absolute Gasteiger partial charge is 0.238 e. The molecule has 0 unspecified atom stereocenters. The number of carbonyl (C=O) groups is 2. The first-order valence-electron chi connectivity index (χ1n) is 9.43. The summed E-state index contributed by atoms with van der Waals surface area (Å²) in [6.07, 6.45) is 5.17. The number of nitrogens with zero attached hydrogens (tertiary/aromatic N) is 1. The van der Waals surface area contributed by atoms with Crippen LogP contribution in [0, 0.1) is 37.5 Å². The zero-order valence-electron chi connectivity index (χ0n) is 15.4. The van der Waals surface area contributed by atoms with Crippen molar-refractivity contribution in [2.75, 3.05) is 4.90 Å². The number of anilines is 1. The quantitative estimate of drug-likeness (QED) is 0.602. The maximum absolute atomic E-state index is 12.9. The molecule has 0 N–H and O–H groups in total. The zero-order chi connectivity index (χ0) is 18.7. The van der Waals surface area contributed by atoms with Crippen LogP contribution in [0.4, 0.5) is 5.69 Å². The summed E-state index contributed by atoms with van der Waals surface area (Å²) in [5, 5.41) is 0. The molecule has 2 fully saturated rings. The van der Waals surface area contributed by atoms with Crippen LogP contribution < -0.4 is 9.64 Å². The maximum atomic E-state index is 12.9. The van der Waals surface area contributed by atoms with Crippen LogP contribution in [0.25, 0.3) is 0 Å². The summed E-state index contributed by atoms with van der Waals surface area (Å²) in [6.45, 7) is 4.07. The number of hydrogen-bond donors (Lipinski definition) is 0. The maximum Gasteiger partial charge on any atom is 0.238 e. The number of fused-ring (bicyclic) bond motifs is 5. The fourth-order valence-corrected chi connectivity index (χ4v) is 4.95. The van der Waals surface area contributed by atoms with E-state index in [0.717, 1.165) is 23.3 Å². The number of aryl methyl sites for hydroxylation is 2. The van der Waals surface area contributed by atoms with Gasteiger partial charge in [-0.05, 0) is 79.6 Å². The van der Waals surface area contributed by atoms with E-state index in [1.54, 1.807) is 12.1 Å². The predicted molar refractivity (Wildman–Crippen MR) is 103 cm³/mol. The molecule has 1 saturated carbocycles. The van der Waals surface area contributed by atoms with Crippen LogP contribution in [-0.2, 0) is 9.59 Å². The summed E-state index contributed by atoms with van der Waals surface area (Å²) >= 11 is 0. The molecule has 0 radical (unpaired) electrons. The van der Waals surface area contributed by atoms with Gasteiger partial charge < -0.3 is 4.74 Å². The highest BCUT2D eigenvalue weighted by Gasteiger charge is 2.59. The van der Waals surface area contributed by atoms with Gasteiger partial charge in [-0.15, -0.1) is 0 Å². The molecule has 1 aliphatic heterocycles. The van der Waals surface area contributed by atoms with Crippen molar-refractivity contribution in [3.63, 3.8) is 0 Å². The molecule has 1 heterocycles. The monoisotopic (exact) mass is 359 g/mol. The van der Waals surface area contributed by atoms with Gasteiger partial charge in [0.1, 0.15) is 11.5 Å². The fourth-order valence-electron chi connectivity index (χ4n) is 4.95. The van der Waals surface area contributed by atoms with Gasteiger partial charge in [-0.25, -0.2) is 0 Å². The third-order valence-corrected chi connectivity index (χ3v) is 6.00. The van der Waals surface area contributed by atoms with Crippen molar-refractivity contribution in [1.29, 1.82) is 0 Å².